The molecule has 4 heteroatoms. The number of hydrogen-bond donors (Lipinski definition) is 1. The second kappa shape index (κ2) is 5.83. The number of nitrogens with zero attached hydrogens (tertiary/aromatic N) is 1. The largest absolute Gasteiger partial charge is 0.381 e. The quantitative estimate of drug-likeness (QED) is 0.797. The van der Waals surface area contributed by atoms with Gasteiger partial charge >= 0.3 is 0 Å². The van der Waals surface area contributed by atoms with Crippen molar-refractivity contribution in [3.8, 4) is 0 Å². The molecule has 4 nitrogen and oxygen atoms in total. The first-order valence-electron chi connectivity index (χ1n) is 6.82. The molecule has 0 bridgehead atoms. The number of carbonyl (C=O) groups excluding carboxylic acids is 1. The van der Waals surface area contributed by atoms with Crippen molar-refractivity contribution in [2.75, 3.05) is 26.3 Å². The summed E-state index contributed by atoms with van der Waals surface area (Å²) < 4.78 is 5.37. The molecule has 0 spiro atoms. The lowest BCUT2D eigenvalue weighted by molar-refractivity contribution is -0.135. The van der Waals surface area contributed by atoms with Crippen molar-refractivity contribution in [2.24, 2.45) is 17.6 Å². The summed E-state index contributed by atoms with van der Waals surface area (Å²) >= 11 is 0. The molecule has 2 aliphatic rings. The molecular weight excluding hydrogens is 216 g/mol. The molecule has 17 heavy (non-hydrogen) atoms. The maximum atomic E-state index is 12.3. The van der Waals surface area contributed by atoms with Gasteiger partial charge in [-0.15, -0.1) is 0 Å². The van der Waals surface area contributed by atoms with Crippen LogP contribution in [0.25, 0.3) is 0 Å². The SMILES string of the molecule is CCN(CC1CCOC1)C(=O)C1CCC(N)C1. The van der Waals surface area contributed by atoms with Crippen LogP contribution < -0.4 is 5.73 Å². The Bertz CT molecular complexity index is 264. The molecule has 0 aromatic carbocycles. The molecule has 1 aliphatic carbocycles. The van der Waals surface area contributed by atoms with Crippen LogP contribution in [0.3, 0.4) is 0 Å². The number of ether oxygens (including phenoxy) is 1. The molecule has 1 amide bonds. The van der Waals surface area contributed by atoms with E-state index in [0.717, 1.165) is 52.0 Å². The zero-order chi connectivity index (χ0) is 12.3. The van der Waals surface area contributed by atoms with Crippen LogP contribution in [0.1, 0.15) is 32.6 Å². The Morgan fingerprint density at radius 3 is 2.76 bits per heavy atom. The van der Waals surface area contributed by atoms with Gasteiger partial charge in [-0.05, 0) is 32.6 Å². The Morgan fingerprint density at radius 2 is 2.24 bits per heavy atom. The number of carbonyl (C=O) groups is 1. The fourth-order valence-electron chi connectivity index (χ4n) is 2.91. The van der Waals surface area contributed by atoms with Gasteiger partial charge < -0.3 is 15.4 Å². The van der Waals surface area contributed by atoms with Crippen LogP contribution in [0, 0.1) is 11.8 Å². The third-order valence-corrected chi connectivity index (χ3v) is 4.02. The molecule has 98 valence electrons. The fraction of sp³-hybridized carbons (Fsp3) is 0.923. The molecule has 0 aromatic heterocycles. The van der Waals surface area contributed by atoms with Crippen molar-refractivity contribution in [2.45, 2.75) is 38.6 Å². The summed E-state index contributed by atoms with van der Waals surface area (Å²) in [5.41, 5.74) is 5.88. The standard InChI is InChI=1S/C13H24N2O2/c1-2-15(8-10-5-6-17-9-10)13(16)11-3-4-12(14)7-11/h10-12H,2-9,14H2,1H3. The third-order valence-electron chi connectivity index (χ3n) is 4.02. The highest BCUT2D eigenvalue weighted by atomic mass is 16.5. The summed E-state index contributed by atoms with van der Waals surface area (Å²) in [6.07, 6.45) is 3.93. The van der Waals surface area contributed by atoms with Gasteiger partial charge in [-0.1, -0.05) is 0 Å². The number of amides is 1. The summed E-state index contributed by atoms with van der Waals surface area (Å²) in [4.78, 5) is 14.3. The Balaban J connectivity index is 1.86. The van der Waals surface area contributed by atoms with Crippen molar-refractivity contribution in [3.63, 3.8) is 0 Å². The molecular formula is C13H24N2O2. The van der Waals surface area contributed by atoms with Gasteiger partial charge in [0.25, 0.3) is 0 Å². The van der Waals surface area contributed by atoms with Crippen LogP contribution in [0.5, 0.6) is 0 Å². The van der Waals surface area contributed by atoms with E-state index in [1.807, 2.05) is 4.90 Å². The number of hydrogen-bond acceptors (Lipinski definition) is 3. The second-order valence-electron chi connectivity index (χ2n) is 5.38. The van der Waals surface area contributed by atoms with E-state index in [-0.39, 0.29) is 12.0 Å². The van der Waals surface area contributed by atoms with Crippen molar-refractivity contribution >= 4 is 5.91 Å². The molecule has 3 unspecified atom stereocenters. The van der Waals surface area contributed by atoms with E-state index in [0.29, 0.717) is 11.8 Å². The minimum atomic E-state index is 0.173. The van der Waals surface area contributed by atoms with Gasteiger partial charge in [-0.2, -0.15) is 0 Å². The van der Waals surface area contributed by atoms with Gasteiger partial charge in [0.15, 0.2) is 0 Å². The van der Waals surface area contributed by atoms with Crippen LogP contribution in [-0.4, -0.2) is 43.2 Å². The van der Waals surface area contributed by atoms with Crippen molar-refractivity contribution < 1.29 is 9.53 Å². The summed E-state index contributed by atoms with van der Waals surface area (Å²) in [6, 6.07) is 0.234. The molecule has 1 saturated heterocycles. The summed E-state index contributed by atoms with van der Waals surface area (Å²) in [6.45, 7) is 5.39. The normalized spacial score (nSPS) is 32.9. The topological polar surface area (TPSA) is 55.6 Å². The molecule has 1 saturated carbocycles. The van der Waals surface area contributed by atoms with Crippen molar-refractivity contribution in [1.29, 1.82) is 0 Å². The molecule has 0 radical (unpaired) electrons. The van der Waals surface area contributed by atoms with Crippen molar-refractivity contribution in [1.82, 2.24) is 4.90 Å². The van der Waals surface area contributed by atoms with E-state index >= 15 is 0 Å². The first-order valence-corrected chi connectivity index (χ1v) is 6.82. The third kappa shape index (κ3) is 3.19. The summed E-state index contributed by atoms with van der Waals surface area (Å²) in [5, 5.41) is 0. The number of rotatable bonds is 4. The molecule has 2 fully saturated rings. The minimum absolute atomic E-state index is 0.173. The van der Waals surface area contributed by atoms with Crippen molar-refractivity contribution in [3.05, 3.63) is 0 Å². The molecule has 1 heterocycles. The molecule has 3 atom stereocenters. The Morgan fingerprint density at radius 1 is 1.41 bits per heavy atom. The van der Waals surface area contributed by atoms with E-state index < -0.39 is 0 Å². The highest BCUT2D eigenvalue weighted by Gasteiger charge is 2.31. The van der Waals surface area contributed by atoms with E-state index in [4.69, 9.17) is 10.5 Å². The van der Waals surface area contributed by atoms with E-state index in [1.165, 1.54) is 0 Å². The molecule has 2 rings (SSSR count). The highest BCUT2D eigenvalue weighted by Crippen LogP contribution is 2.26. The van der Waals surface area contributed by atoms with E-state index in [2.05, 4.69) is 6.92 Å². The fourth-order valence-corrected chi connectivity index (χ4v) is 2.91. The smallest absolute Gasteiger partial charge is 0.225 e. The predicted octanol–water partition coefficient (Wildman–Crippen LogP) is 0.999. The molecule has 1 aliphatic heterocycles. The first-order chi connectivity index (χ1) is 8.20. The Labute approximate surface area is 103 Å². The lowest BCUT2D eigenvalue weighted by Crippen LogP contribution is -2.39. The van der Waals surface area contributed by atoms with Gasteiger partial charge in [0, 0.05) is 37.6 Å². The van der Waals surface area contributed by atoms with Gasteiger partial charge in [0.1, 0.15) is 0 Å². The van der Waals surface area contributed by atoms with E-state index in [9.17, 15) is 4.79 Å². The lowest BCUT2D eigenvalue weighted by atomic mass is 10.0. The van der Waals surface area contributed by atoms with Gasteiger partial charge in [-0.3, -0.25) is 4.79 Å². The average Bonchev–Trinajstić information content (AvgIpc) is 2.96. The van der Waals surface area contributed by atoms with Crippen LogP contribution in [0.4, 0.5) is 0 Å². The Kier molecular flexibility index (Phi) is 4.40. The maximum Gasteiger partial charge on any atom is 0.225 e. The lowest BCUT2D eigenvalue weighted by Gasteiger charge is -2.26. The first kappa shape index (κ1) is 12.8. The summed E-state index contributed by atoms with van der Waals surface area (Å²) in [5.74, 6) is 1.02. The van der Waals surface area contributed by atoms with Crippen LogP contribution in [0.2, 0.25) is 0 Å². The van der Waals surface area contributed by atoms with Crippen LogP contribution >= 0.6 is 0 Å². The van der Waals surface area contributed by atoms with Crippen LogP contribution in [-0.2, 0) is 9.53 Å². The summed E-state index contributed by atoms with van der Waals surface area (Å²) in [7, 11) is 0. The Hall–Kier alpha value is -0.610. The second-order valence-corrected chi connectivity index (χ2v) is 5.38. The molecule has 0 aromatic rings. The van der Waals surface area contributed by atoms with Crippen LogP contribution in [0.15, 0.2) is 0 Å². The number of nitrogens with two attached hydrogens (primary N) is 1. The van der Waals surface area contributed by atoms with E-state index in [1.54, 1.807) is 0 Å². The van der Waals surface area contributed by atoms with Gasteiger partial charge in [-0.25, -0.2) is 0 Å². The average molecular weight is 240 g/mol. The van der Waals surface area contributed by atoms with Gasteiger partial charge in [0.2, 0.25) is 5.91 Å². The zero-order valence-corrected chi connectivity index (χ0v) is 10.7. The molecule has 2 N–H and O–H groups in total. The zero-order valence-electron chi connectivity index (χ0n) is 10.7. The highest BCUT2D eigenvalue weighted by molar-refractivity contribution is 5.79. The predicted molar refractivity (Wildman–Crippen MR) is 66.5 cm³/mol. The monoisotopic (exact) mass is 240 g/mol. The minimum Gasteiger partial charge on any atom is -0.381 e. The van der Waals surface area contributed by atoms with Gasteiger partial charge in [0.05, 0.1) is 6.61 Å². The maximum absolute atomic E-state index is 12.3.